The topological polar surface area (TPSA) is 61.4 Å². The molecule has 1 saturated heterocycles. The SMILES string of the molecule is O=C(Nc1cccc2cccnc12)N1CCN(Cc2ccccn2)CC1. The summed E-state index contributed by atoms with van der Waals surface area (Å²) in [5, 5.41) is 4.03. The van der Waals surface area contributed by atoms with Crippen LogP contribution in [0.3, 0.4) is 0 Å². The fraction of sp³-hybridized carbons (Fsp3) is 0.250. The smallest absolute Gasteiger partial charge is 0.321 e. The monoisotopic (exact) mass is 347 g/mol. The summed E-state index contributed by atoms with van der Waals surface area (Å²) < 4.78 is 0. The number of nitrogens with one attached hydrogen (secondary N) is 1. The van der Waals surface area contributed by atoms with Gasteiger partial charge in [-0.15, -0.1) is 0 Å². The van der Waals surface area contributed by atoms with Crippen molar-refractivity contribution in [3.63, 3.8) is 0 Å². The van der Waals surface area contributed by atoms with Gasteiger partial charge in [-0.2, -0.15) is 0 Å². The fourth-order valence-electron chi connectivity index (χ4n) is 3.23. The lowest BCUT2D eigenvalue weighted by Crippen LogP contribution is -2.49. The van der Waals surface area contributed by atoms with Gasteiger partial charge in [0.2, 0.25) is 0 Å². The summed E-state index contributed by atoms with van der Waals surface area (Å²) in [6.45, 7) is 3.92. The van der Waals surface area contributed by atoms with Crippen LogP contribution in [0.2, 0.25) is 0 Å². The van der Waals surface area contributed by atoms with E-state index < -0.39 is 0 Å². The number of hydrogen-bond donors (Lipinski definition) is 1. The summed E-state index contributed by atoms with van der Waals surface area (Å²) in [5.74, 6) is 0. The molecule has 1 aliphatic rings. The van der Waals surface area contributed by atoms with Crippen LogP contribution in [0.15, 0.2) is 60.9 Å². The van der Waals surface area contributed by atoms with Crippen LogP contribution in [0.25, 0.3) is 10.9 Å². The molecule has 0 bridgehead atoms. The molecule has 2 aromatic heterocycles. The van der Waals surface area contributed by atoms with Gasteiger partial charge in [-0.25, -0.2) is 4.79 Å². The molecule has 0 atom stereocenters. The third-order valence-corrected chi connectivity index (χ3v) is 4.65. The molecule has 0 unspecified atom stereocenters. The van der Waals surface area contributed by atoms with Crippen molar-refractivity contribution in [3.8, 4) is 0 Å². The molecule has 1 aromatic carbocycles. The lowest BCUT2D eigenvalue weighted by Gasteiger charge is -2.34. The molecular formula is C20H21N5O. The Labute approximate surface area is 152 Å². The molecule has 4 rings (SSSR count). The second-order valence-corrected chi connectivity index (χ2v) is 6.40. The van der Waals surface area contributed by atoms with Gasteiger partial charge in [-0.05, 0) is 24.3 Å². The minimum Gasteiger partial charge on any atom is -0.322 e. The summed E-state index contributed by atoms with van der Waals surface area (Å²) in [6.07, 6.45) is 3.56. The van der Waals surface area contributed by atoms with Crippen LogP contribution in [-0.4, -0.2) is 52.0 Å². The Morgan fingerprint density at radius 3 is 2.54 bits per heavy atom. The summed E-state index contributed by atoms with van der Waals surface area (Å²) in [6, 6.07) is 15.6. The molecule has 1 N–H and O–H groups in total. The van der Waals surface area contributed by atoms with Gasteiger partial charge in [-0.3, -0.25) is 14.9 Å². The lowest BCUT2D eigenvalue weighted by molar-refractivity contribution is 0.142. The van der Waals surface area contributed by atoms with Crippen LogP contribution in [0.1, 0.15) is 5.69 Å². The Balaban J connectivity index is 1.36. The summed E-state index contributed by atoms with van der Waals surface area (Å²) in [4.78, 5) is 25.6. The first kappa shape index (κ1) is 16.5. The van der Waals surface area contributed by atoms with Gasteiger partial charge in [0.25, 0.3) is 0 Å². The summed E-state index contributed by atoms with van der Waals surface area (Å²) in [7, 11) is 0. The van der Waals surface area contributed by atoms with Crippen LogP contribution in [0.5, 0.6) is 0 Å². The van der Waals surface area contributed by atoms with E-state index in [1.54, 1.807) is 6.20 Å². The number of pyridine rings is 2. The first-order chi connectivity index (χ1) is 12.8. The highest BCUT2D eigenvalue weighted by Crippen LogP contribution is 2.21. The van der Waals surface area contributed by atoms with Crippen molar-refractivity contribution >= 4 is 22.6 Å². The minimum atomic E-state index is -0.0689. The van der Waals surface area contributed by atoms with Gasteiger partial charge in [0.1, 0.15) is 0 Å². The maximum Gasteiger partial charge on any atom is 0.321 e. The molecule has 6 heteroatoms. The number of fused-ring (bicyclic) bond motifs is 1. The van der Waals surface area contributed by atoms with Crippen molar-refractivity contribution in [2.24, 2.45) is 0 Å². The normalized spacial score (nSPS) is 15.2. The maximum absolute atomic E-state index is 12.6. The number of benzene rings is 1. The van der Waals surface area contributed by atoms with E-state index >= 15 is 0 Å². The van der Waals surface area contributed by atoms with E-state index in [9.17, 15) is 4.79 Å². The number of amides is 2. The molecule has 3 heterocycles. The van der Waals surface area contributed by atoms with Crippen LogP contribution in [-0.2, 0) is 6.54 Å². The third kappa shape index (κ3) is 3.65. The summed E-state index contributed by atoms with van der Waals surface area (Å²) >= 11 is 0. The van der Waals surface area contributed by atoms with Crippen molar-refractivity contribution < 1.29 is 4.79 Å². The zero-order chi connectivity index (χ0) is 17.8. The zero-order valence-corrected chi connectivity index (χ0v) is 14.5. The number of rotatable bonds is 3. The van der Waals surface area contributed by atoms with Crippen LogP contribution in [0, 0.1) is 0 Å². The molecule has 132 valence electrons. The van der Waals surface area contributed by atoms with Gasteiger partial charge in [0.05, 0.1) is 16.9 Å². The van der Waals surface area contributed by atoms with Crippen molar-refractivity contribution in [2.75, 3.05) is 31.5 Å². The van der Waals surface area contributed by atoms with Gasteiger partial charge >= 0.3 is 6.03 Å². The van der Waals surface area contributed by atoms with E-state index in [1.165, 1.54) is 0 Å². The van der Waals surface area contributed by atoms with Gasteiger partial charge in [0.15, 0.2) is 0 Å². The Kier molecular flexibility index (Phi) is 4.75. The molecule has 6 nitrogen and oxygen atoms in total. The van der Waals surface area contributed by atoms with E-state index in [-0.39, 0.29) is 6.03 Å². The van der Waals surface area contributed by atoms with E-state index in [4.69, 9.17) is 0 Å². The van der Waals surface area contributed by atoms with Crippen LogP contribution >= 0.6 is 0 Å². The molecule has 0 saturated carbocycles. The van der Waals surface area contributed by atoms with Crippen molar-refractivity contribution in [1.82, 2.24) is 19.8 Å². The highest BCUT2D eigenvalue weighted by atomic mass is 16.2. The number of piperazine rings is 1. The molecule has 0 radical (unpaired) electrons. The average molecular weight is 347 g/mol. The highest BCUT2D eigenvalue weighted by Gasteiger charge is 2.21. The van der Waals surface area contributed by atoms with Crippen molar-refractivity contribution in [1.29, 1.82) is 0 Å². The average Bonchev–Trinajstić information content (AvgIpc) is 2.70. The number of para-hydroxylation sites is 1. The Morgan fingerprint density at radius 1 is 0.923 bits per heavy atom. The number of carbonyl (C=O) groups is 1. The van der Waals surface area contributed by atoms with E-state index in [0.29, 0.717) is 13.1 Å². The van der Waals surface area contributed by atoms with Gasteiger partial charge < -0.3 is 10.2 Å². The predicted octanol–water partition coefficient (Wildman–Crippen LogP) is 2.98. The number of hydrogen-bond acceptors (Lipinski definition) is 4. The number of nitrogens with zero attached hydrogens (tertiary/aromatic N) is 4. The van der Waals surface area contributed by atoms with E-state index in [2.05, 4.69) is 20.2 Å². The first-order valence-electron chi connectivity index (χ1n) is 8.81. The Hall–Kier alpha value is -2.99. The van der Waals surface area contributed by atoms with E-state index in [1.807, 2.05) is 59.6 Å². The van der Waals surface area contributed by atoms with Crippen molar-refractivity contribution in [3.05, 3.63) is 66.6 Å². The van der Waals surface area contributed by atoms with Crippen molar-refractivity contribution in [2.45, 2.75) is 6.54 Å². The van der Waals surface area contributed by atoms with Gasteiger partial charge in [-0.1, -0.05) is 24.3 Å². The molecule has 3 aromatic rings. The molecular weight excluding hydrogens is 326 g/mol. The first-order valence-corrected chi connectivity index (χ1v) is 8.81. The summed E-state index contributed by atoms with van der Waals surface area (Å²) in [5.41, 5.74) is 2.63. The molecule has 1 aliphatic heterocycles. The highest BCUT2D eigenvalue weighted by molar-refractivity contribution is 5.99. The quantitative estimate of drug-likeness (QED) is 0.791. The van der Waals surface area contributed by atoms with Crippen LogP contribution < -0.4 is 5.32 Å². The third-order valence-electron chi connectivity index (χ3n) is 4.65. The molecule has 0 aliphatic carbocycles. The number of urea groups is 1. The van der Waals surface area contributed by atoms with Gasteiger partial charge in [0, 0.05) is 50.5 Å². The van der Waals surface area contributed by atoms with Crippen LogP contribution in [0.4, 0.5) is 10.5 Å². The molecule has 1 fully saturated rings. The number of carbonyl (C=O) groups excluding carboxylic acids is 1. The lowest BCUT2D eigenvalue weighted by atomic mass is 10.2. The largest absolute Gasteiger partial charge is 0.322 e. The Morgan fingerprint density at radius 2 is 1.73 bits per heavy atom. The molecule has 2 amide bonds. The zero-order valence-electron chi connectivity index (χ0n) is 14.5. The second kappa shape index (κ2) is 7.49. The predicted molar refractivity (Wildman–Crippen MR) is 102 cm³/mol. The number of aromatic nitrogens is 2. The van der Waals surface area contributed by atoms with E-state index in [0.717, 1.165) is 41.9 Å². The Bertz CT molecular complexity index is 886. The second-order valence-electron chi connectivity index (χ2n) is 6.40. The maximum atomic E-state index is 12.6. The fourth-order valence-corrected chi connectivity index (χ4v) is 3.23. The standard InChI is InChI=1S/C20H21N5O/c26-20(23-18-8-3-5-16-6-4-10-22-19(16)18)25-13-11-24(12-14-25)15-17-7-1-2-9-21-17/h1-10H,11-15H2,(H,23,26). The minimum absolute atomic E-state index is 0.0689. The number of anilines is 1. The molecule has 26 heavy (non-hydrogen) atoms. The molecule has 0 spiro atoms.